The standard InChI is InChI=1S/C23H25N3O3/c1-25(2)9-4-10-26-14-15(19-13-17(28-3)6-8-20(19)26)11-22-23(27)18-7-5-16(24)12-21(18)29-22/h5-8,11-14H,4,9-10,24H2,1-3H3. The number of ketones is 1. The summed E-state index contributed by atoms with van der Waals surface area (Å²) in [7, 11) is 5.79. The van der Waals surface area contributed by atoms with Gasteiger partial charge in [-0.15, -0.1) is 0 Å². The van der Waals surface area contributed by atoms with Crippen LogP contribution in [0.15, 0.2) is 48.4 Å². The number of nitrogens with two attached hydrogens (primary N) is 1. The van der Waals surface area contributed by atoms with Crippen molar-refractivity contribution in [1.29, 1.82) is 0 Å². The summed E-state index contributed by atoms with van der Waals surface area (Å²) in [4.78, 5) is 14.9. The van der Waals surface area contributed by atoms with Gasteiger partial charge in [-0.2, -0.15) is 0 Å². The van der Waals surface area contributed by atoms with Crippen molar-refractivity contribution in [2.45, 2.75) is 13.0 Å². The number of aryl methyl sites for hydroxylation is 1. The summed E-state index contributed by atoms with van der Waals surface area (Å²) in [6.45, 7) is 1.89. The third kappa shape index (κ3) is 3.71. The smallest absolute Gasteiger partial charge is 0.231 e. The van der Waals surface area contributed by atoms with Gasteiger partial charge in [0.15, 0.2) is 5.76 Å². The zero-order chi connectivity index (χ0) is 20.5. The first kappa shape index (κ1) is 19.1. The highest BCUT2D eigenvalue weighted by atomic mass is 16.5. The van der Waals surface area contributed by atoms with Crippen molar-refractivity contribution in [3.63, 3.8) is 0 Å². The number of rotatable bonds is 6. The number of allylic oxidation sites excluding steroid dienone is 1. The van der Waals surface area contributed by atoms with Gasteiger partial charge in [0, 0.05) is 41.0 Å². The van der Waals surface area contributed by atoms with Gasteiger partial charge < -0.3 is 24.7 Å². The van der Waals surface area contributed by atoms with E-state index in [1.807, 2.05) is 18.2 Å². The Morgan fingerprint density at radius 1 is 1.21 bits per heavy atom. The number of nitrogen functional groups attached to an aromatic ring is 1. The van der Waals surface area contributed by atoms with Crippen LogP contribution in [-0.4, -0.2) is 43.0 Å². The minimum absolute atomic E-state index is 0.128. The van der Waals surface area contributed by atoms with Gasteiger partial charge in [0.25, 0.3) is 0 Å². The largest absolute Gasteiger partial charge is 0.497 e. The van der Waals surface area contributed by atoms with Crippen LogP contribution in [0.5, 0.6) is 11.5 Å². The lowest BCUT2D eigenvalue weighted by atomic mass is 10.1. The molecular weight excluding hydrogens is 366 g/mol. The second-order valence-corrected chi connectivity index (χ2v) is 7.51. The molecule has 0 unspecified atom stereocenters. The van der Waals surface area contributed by atoms with Gasteiger partial charge in [0.05, 0.1) is 12.7 Å². The fourth-order valence-corrected chi connectivity index (χ4v) is 3.63. The topological polar surface area (TPSA) is 69.7 Å². The Morgan fingerprint density at radius 2 is 2.03 bits per heavy atom. The van der Waals surface area contributed by atoms with Crippen molar-refractivity contribution in [1.82, 2.24) is 9.47 Å². The molecule has 6 nitrogen and oxygen atoms in total. The quantitative estimate of drug-likeness (QED) is 0.511. The van der Waals surface area contributed by atoms with E-state index in [9.17, 15) is 4.79 Å². The summed E-state index contributed by atoms with van der Waals surface area (Å²) in [6.07, 6.45) is 4.91. The number of Topliss-reactive ketones (excluding diaryl/α,β-unsaturated/α-hetero) is 1. The van der Waals surface area contributed by atoms with E-state index in [1.54, 1.807) is 25.3 Å². The summed E-state index contributed by atoms with van der Waals surface area (Å²) >= 11 is 0. The molecule has 1 aliphatic rings. The van der Waals surface area contributed by atoms with Gasteiger partial charge in [0.2, 0.25) is 5.78 Å². The number of carbonyl (C=O) groups excluding carboxylic acids is 1. The Kier molecular flexibility index (Phi) is 5.03. The lowest BCUT2D eigenvalue weighted by molar-refractivity contribution is 0.101. The van der Waals surface area contributed by atoms with Crippen LogP contribution in [0.2, 0.25) is 0 Å². The van der Waals surface area contributed by atoms with E-state index < -0.39 is 0 Å². The molecule has 6 heteroatoms. The van der Waals surface area contributed by atoms with Gasteiger partial charge in [0.1, 0.15) is 11.5 Å². The number of carbonyl (C=O) groups is 1. The van der Waals surface area contributed by atoms with Gasteiger partial charge >= 0.3 is 0 Å². The maximum atomic E-state index is 12.8. The lowest BCUT2D eigenvalue weighted by Crippen LogP contribution is -2.14. The summed E-state index contributed by atoms with van der Waals surface area (Å²) in [5, 5.41) is 1.02. The highest BCUT2D eigenvalue weighted by molar-refractivity contribution is 6.15. The Balaban J connectivity index is 1.73. The van der Waals surface area contributed by atoms with Crippen molar-refractivity contribution in [2.24, 2.45) is 0 Å². The van der Waals surface area contributed by atoms with Crippen LogP contribution in [0.1, 0.15) is 22.3 Å². The number of hydrogen-bond acceptors (Lipinski definition) is 5. The number of benzene rings is 2. The van der Waals surface area contributed by atoms with Crippen LogP contribution in [0.25, 0.3) is 17.0 Å². The van der Waals surface area contributed by atoms with Crippen LogP contribution in [0, 0.1) is 0 Å². The molecule has 1 aromatic heterocycles. The van der Waals surface area contributed by atoms with Gasteiger partial charge in [-0.3, -0.25) is 4.79 Å². The van der Waals surface area contributed by atoms with E-state index in [0.29, 0.717) is 22.8 Å². The van der Waals surface area contributed by atoms with Crippen molar-refractivity contribution < 1.29 is 14.3 Å². The lowest BCUT2D eigenvalue weighted by Gasteiger charge is -2.10. The summed E-state index contributed by atoms with van der Waals surface area (Å²) in [6, 6.07) is 11.1. The summed E-state index contributed by atoms with van der Waals surface area (Å²) in [5.41, 5.74) is 8.95. The number of anilines is 1. The molecule has 0 aliphatic carbocycles. The van der Waals surface area contributed by atoms with E-state index in [2.05, 4.69) is 35.8 Å². The minimum atomic E-state index is -0.128. The highest BCUT2D eigenvalue weighted by Crippen LogP contribution is 2.35. The van der Waals surface area contributed by atoms with Crippen molar-refractivity contribution in [2.75, 3.05) is 33.5 Å². The second kappa shape index (κ2) is 7.64. The monoisotopic (exact) mass is 391 g/mol. The van der Waals surface area contributed by atoms with E-state index in [1.165, 1.54) is 0 Å². The maximum Gasteiger partial charge on any atom is 0.231 e. The predicted octanol–water partition coefficient (Wildman–Crippen LogP) is 3.80. The maximum absolute atomic E-state index is 12.8. The van der Waals surface area contributed by atoms with Gasteiger partial charge in [-0.05, 0) is 63.5 Å². The van der Waals surface area contributed by atoms with Crippen molar-refractivity contribution in [3.8, 4) is 11.5 Å². The first-order valence-corrected chi connectivity index (χ1v) is 9.61. The zero-order valence-electron chi connectivity index (χ0n) is 16.9. The minimum Gasteiger partial charge on any atom is -0.497 e. The molecule has 2 N–H and O–H groups in total. The number of fused-ring (bicyclic) bond motifs is 2. The molecule has 1 aliphatic heterocycles. The number of hydrogen-bond donors (Lipinski definition) is 1. The number of nitrogens with zero attached hydrogens (tertiary/aromatic N) is 2. The molecule has 0 fully saturated rings. The molecule has 0 saturated carbocycles. The van der Waals surface area contributed by atoms with Gasteiger partial charge in [-0.25, -0.2) is 0 Å². The van der Waals surface area contributed by atoms with E-state index in [4.69, 9.17) is 15.2 Å². The molecule has 29 heavy (non-hydrogen) atoms. The first-order valence-electron chi connectivity index (χ1n) is 9.61. The third-order valence-electron chi connectivity index (χ3n) is 5.10. The molecule has 0 amide bonds. The highest BCUT2D eigenvalue weighted by Gasteiger charge is 2.27. The number of ether oxygens (including phenoxy) is 2. The molecule has 0 spiro atoms. The SMILES string of the molecule is COc1ccc2c(c1)c(C=C1Oc3cc(N)ccc3C1=O)cn2CCCN(C)C. The van der Waals surface area contributed by atoms with Crippen LogP contribution >= 0.6 is 0 Å². The van der Waals surface area contributed by atoms with E-state index >= 15 is 0 Å². The Morgan fingerprint density at radius 3 is 2.79 bits per heavy atom. The molecule has 0 bridgehead atoms. The molecule has 2 heterocycles. The Hall–Kier alpha value is -3.25. The van der Waals surface area contributed by atoms with E-state index in [0.717, 1.165) is 41.7 Å². The Bertz CT molecular complexity index is 1110. The molecule has 3 aromatic rings. The van der Waals surface area contributed by atoms with Crippen LogP contribution < -0.4 is 15.2 Å². The summed E-state index contributed by atoms with van der Waals surface area (Å²) < 4.78 is 13.4. The average Bonchev–Trinajstić information content (AvgIpc) is 3.19. The first-order chi connectivity index (χ1) is 14.0. The van der Waals surface area contributed by atoms with Crippen LogP contribution in [-0.2, 0) is 6.54 Å². The molecule has 0 saturated heterocycles. The van der Waals surface area contributed by atoms with E-state index in [-0.39, 0.29) is 5.78 Å². The normalized spacial score (nSPS) is 14.6. The van der Waals surface area contributed by atoms with Crippen LogP contribution in [0.4, 0.5) is 5.69 Å². The Labute approximate surface area is 170 Å². The molecule has 0 radical (unpaired) electrons. The predicted molar refractivity (Wildman–Crippen MR) is 115 cm³/mol. The molecule has 2 aromatic carbocycles. The summed E-state index contributed by atoms with van der Waals surface area (Å²) in [5.74, 6) is 1.46. The van der Waals surface area contributed by atoms with Crippen molar-refractivity contribution >= 4 is 28.4 Å². The number of methoxy groups -OCH3 is 1. The van der Waals surface area contributed by atoms with Crippen LogP contribution in [0.3, 0.4) is 0 Å². The second-order valence-electron chi connectivity index (χ2n) is 7.51. The zero-order valence-corrected chi connectivity index (χ0v) is 16.9. The fraction of sp³-hybridized carbons (Fsp3) is 0.261. The van der Waals surface area contributed by atoms with Crippen molar-refractivity contribution in [3.05, 3.63) is 59.5 Å². The molecular formula is C23H25N3O3. The molecule has 150 valence electrons. The third-order valence-corrected chi connectivity index (χ3v) is 5.10. The van der Waals surface area contributed by atoms with Gasteiger partial charge in [-0.1, -0.05) is 0 Å². The average molecular weight is 391 g/mol. The molecule has 4 rings (SSSR count). The number of aromatic nitrogens is 1. The fourth-order valence-electron chi connectivity index (χ4n) is 3.63. The molecule has 0 atom stereocenters.